The molecule has 0 atom stereocenters. The fraction of sp³-hybridized carbons (Fsp3) is 0.182. The fourth-order valence-electron chi connectivity index (χ4n) is 3.96. The van der Waals surface area contributed by atoms with E-state index in [9.17, 15) is 0 Å². The number of nitrogens with zero attached hydrogens (tertiary/aromatic N) is 1. The minimum atomic E-state index is 0.162. The van der Waals surface area contributed by atoms with Gasteiger partial charge < -0.3 is 4.90 Å². The number of fused-ring (bicyclic) bond motifs is 2. The molecule has 1 aliphatic rings. The molecule has 1 aliphatic heterocycles. The molecule has 0 fully saturated rings. The van der Waals surface area contributed by atoms with Crippen molar-refractivity contribution in [3.63, 3.8) is 0 Å². The van der Waals surface area contributed by atoms with Crippen LogP contribution in [0.2, 0.25) is 5.31 Å². The monoisotopic (exact) mass is 311 g/mol. The van der Waals surface area contributed by atoms with E-state index in [1.165, 1.54) is 28.0 Å². The van der Waals surface area contributed by atoms with Gasteiger partial charge in [-0.15, -0.1) is 0 Å². The first-order chi connectivity index (χ1) is 11.6. The van der Waals surface area contributed by atoms with Crippen molar-refractivity contribution in [2.75, 3.05) is 4.90 Å². The Morgan fingerprint density at radius 1 is 0.625 bits per heavy atom. The fourth-order valence-corrected chi connectivity index (χ4v) is 3.96. The average molecular weight is 311 g/mol. The van der Waals surface area contributed by atoms with Gasteiger partial charge in [0.1, 0.15) is 0 Å². The summed E-state index contributed by atoms with van der Waals surface area (Å²) in [5, 5.41) is 0.162. The van der Waals surface area contributed by atoms with Gasteiger partial charge >= 0.3 is 0 Å². The van der Waals surface area contributed by atoms with E-state index in [-0.39, 0.29) is 5.31 Å². The third kappa shape index (κ3) is 2.34. The Hall–Kier alpha value is -2.48. The number of para-hydroxylation sites is 3. The molecule has 0 aromatic heterocycles. The molecule has 3 aromatic rings. The van der Waals surface area contributed by atoms with Crippen LogP contribution in [0.1, 0.15) is 20.8 Å². The smallest absolute Gasteiger partial charge is 0.220 e. The zero-order valence-electron chi connectivity index (χ0n) is 14.5. The summed E-state index contributed by atoms with van der Waals surface area (Å²) in [5.41, 5.74) is 6.62. The minimum absolute atomic E-state index is 0.162. The van der Waals surface area contributed by atoms with Crippen LogP contribution >= 0.6 is 0 Å². The molecular weight excluding hydrogens is 289 g/mol. The predicted octanol–water partition coefficient (Wildman–Crippen LogP) is 4.88. The maximum atomic E-state index is 2.40. The van der Waals surface area contributed by atoms with E-state index >= 15 is 0 Å². The first kappa shape index (κ1) is 15.1. The molecule has 0 aliphatic carbocycles. The van der Waals surface area contributed by atoms with Crippen molar-refractivity contribution in [2.45, 2.75) is 26.1 Å². The number of benzene rings is 3. The molecular formula is C22H22BN. The van der Waals surface area contributed by atoms with Crippen LogP contribution in [-0.4, -0.2) is 6.71 Å². The lowest BCUT2D eigenvalue weighted by Crippen LogP contribution is -2.54. The summed E-state index contributed by atoms with van der Waals surface area (Å²) >= 11 is 0. The summed E-state index contributed by atoms with van der Waals surface area (Å²) in [6.45, 7) is 7.40. The molecule has 0 bridgehead atoms. The first-order valence-corrected chi connectivity index (χ1v) is 8.60. The average Bonchev–Trinajstić information content (AvgIpc) is 2.59. The normalized spacial score (nSPS) is 13.5. The highest BCUT2D eigenvalue weighted by Crippen LogP contribution is 2.40. The standard InChI is InChI=1S/C22H22BN/c1-22(2,3)23-18-13-7-9-15-20(18)24(17-11-5-4-6-12-17)21-16-10-8-14-19(21)23/h4-16H,1-3H3. The van der Waals surface area contributed by atoms with Crippen LogP contribution in [0, 0.1) is 0 Å². The van der Waals surface area contributed by atoms with Gasteiger partial charge in [0.05, 0.1) is 0 Å². The topological polar surface area (TPSA) is 3.24 Å². The van der Waals surface area contributed by atoms with Gasteiger partial charge in [-0.25, -0.2) is 0 Å². The zero-order chi connectivity index (χ0) is 16.7. The van der Waals surface area contributed by atoms with Gasteiger partial charge in [0.25, 0.3) is 0 Å². The Morgan fingerprint density at radius 3 is 1.58 bits per heavy atom. The summed E-state index contributed by atoms with van der Waals surface area (Å²) in [6.07, 6.45) is 0. The van der Waals surface area contributed by atoms with Crippen LogP contribution in [0.15, 0.2) is 78.9 Å². The van der Waals surface area contributed by atoms with E-state index in [1.54, 1.807) is 0 Å². The van der Waals surface area contributed by atoms with Gasteiger partial charge in [-0.1, -0.05) is 75.4 Å². The highest BCUT2D eigenvalue weighted by molar-refractivity contribution is 6.90. The Bertz CT molecular complexity index is 817. The summed E-state index contributed by atoms with van der Waals surface area (Å²) in [4.78, 5) is 2.40. The van der Waals surface area contributed by atoms with E-state index in [4.69, 9.17) is 0 Å². The lowest BCUT2D eigenvalue weighted by molar-refractivity contribution is 0.749. The van der Waals surface area contributed by atoms with Crippen molar-refractivity contribution in [1.29, 1.82) is 0 Å². The highest BCUT2D eigenvalue weighted by atomic mass is 15.1. The molecule has 0 saturated heterocycles. The SMILES string of the molecule is CC(C)(C)B1c2ccccc2N(c2ccccc2)c2ccccc21. The van der Waals surface area contributed by atoms with Gasteiger partial charge in [0, 0.05) is 17.1 Å². The van der Waals surface area contributed by atoms with E-state index in [1.807, 2.05) is 0 Å². The van der Waals surface area contributed by atoms with Crippen LogP contribution in [-0.2, 0) is 0 Å². The zero-order valence-corrected chi connectivity index (χ0v) is 14.5. The lowest BCUT2D eigenvalue weighted by Gasteiger charge is -2.41. The second-order valence-corrected chi connectivity index (χ2v) is 7.59. The van der Waals surface area contributed by atoms with Crippen LogP contribution in [0.5, 0.6) is 0 Å². The Morgan fingerprint density at radius 2 is 1.08 bits per heavy atom. The van der Waals surface area contributed by atoms with Gasteiger partial charge in [0.15, 0.2) is 0 Å². The Labute approximate surface area is 145 Å². The van der Waals surface area contributed by atoms with Crippen molar-refractivity contribution in [3.8, 4) is 0 Å². The molecule has 0 saturated carbocycles. The Kier molecular flexibility index (Phi) is 3.49. The van der Waals surface area contributed by atoms with Crippen LogP contribution in [0.25, 0.3) is 0 Å². The van der Waals surface area contributed by atoms with Crippen molar-refractivity contribution in [1.82, 2.24) is 0 Å². The number of anilines is 3. The second-order valence-electron chi connectivity index (χ2n) is 7.59. The van der Waals surface area contributed by atoms with Crippen molar-refractivity contribution in [3.05, 3.63) is 78.9 Å². The number of hydrogen-bond acceptors (Lipinski definition) is 1. The third-order valence-corrected chi connectivity index (χ3v) is 4.86. The van der Waals surface area contributed by atoms with E-state index in [2.05, 4.69) is 105 Å². The maximum absolute atomic E-state index is 2.40. The third-order valence-electron chi connectivity index (χ3n) is 4.86. The number of rotatable bonds is 1. The van der Waals surface area contributed by atoms with E-state index in [0.29, 0.717) is 6.71 Å². The van der Waals surface area contributed by atoms with Crippen LogP contribution in [0.4, 0.5) is 17.1 Å². The summed E-state index contributed by atoms with van der Waals surface area (Å²) in [5.74, 6) is 0. The lowest BCUT2D eigenvalue weighted by atomic mass is 9.27. The molecule has 0 unspecified atom stereocenters. The summed E-state index contributed by atoms with van der Waals surface area (Å²) in [6, 6.07) is 28.3. The van der Waals surface area contributed by atoms with Crippen molar-refractivity contribution < 1.29 is 0 Å². The van der Waals surface area contributed by atoms with Crippen LogP contribution < -0.4 is 15.8 Å². The molecule has 1 nitrogen and oxygen atoms in total. The summed E-state index contributed by atoms with van der Waals surface area (Å²) < 4.78 is 0. The van der Waals surface area contributed by atoms with Gasteiger partial charge in [-0.05, 0) is 40.5 Å². The molecule has 1 heterocycles. The first-order valence-electron chi connectivity index (χ1n) is 8.60. The molecule has 0 radical (unpaired) electrons. The molecule has 24 heavy (non-hydrogen) atoms. The molecule has 0 N–H and O–H groups in total. The maximum Gasteiger partial charge on any atom is 0.220 e. The second kappa shape index (κ2) is 5.56. The molecule has 2 heteroatoms. The Balaban J connectivity index is 2.03. The summed E-state index contributed by atoms with van der Waals surface area (Å²) in [7, 11) is 0. The molecule has 0 amide bonds. The molecule has 3 aromatic carbocycles. The van der Waals surface area contributed by atoms with Crippen molar-refractivity contribution in [2.24, 2.45) is 0 Å². The van der Waals surface area contributed by atoms with E-state index < -0.39 is 0 Å². The van der Waals surface area contributed by atoms with Crippen molar-refractivity contribution >= 4 is 34.7 Å². The molecule has 118 valence electrons. The quantitative estimate of drug-likeness (QED) is 0.579. The van der Waals surface area contributed by atoms with E-state index in [0.717, 1.165) is 0 Å². The van der Waals surface area contributed by atoms with Crippen LogP contribution in [0.3, 0.4) is 0 Å². The minimum Gasteiger partial charge on any atom is -0.312 e. The largest absolute Gasteiger partial charge is 0.312 e. The molecule has 4 rings (SSSR count). The number of hydrogen-bond donors (Lipinski definition) is 0. The van der Waals surface area contributed by atoms with Gasteiger partial charge in [-0.3, -0.25) is 0 Å². The van der Waals surface area contributed by atoms with Gasteiger partial charge in [-0.2, -0.15) is 0 Å². The predicted molar refractivity (Wildman–Crippen MR) is 106 cm³/mol. The highest BCUT2D eigenvalue weighted by Gasteiger charge is 2.40. The molecule has 0 spiro atoms. The van der Waals surface area contributed by atoms with Gasteiger partial charge in [0.2, 0.25) is 6.71 Å².